The first kappa shape index (κ1) is 14.7. The quantitative estimate of drug-likeness (QED) is 0.651. The van der Waals surface area contributed by atoms with Crippen LogP contribution in [0.25, 0.3) is 0 Å². The summed E-state index contributed by atoms with van der Waals surface area (Å²) in [5.41, 5.74) is 7.40. The predicted molar refractivity (Wildman–Crippen MR) is 66.8 cm³/mol. The number of ether oxygens (including phenoxy) is 1. The molecule has 0 aromatic heterocycles. The van der Waals surface area contributed by atoms with Gasteiger partial charge in [-0.3, -0.25) is 0 Å². The van der Waals surface area contributed by atoms with Crippen molar-refractivity contribution in [1.29, 1.82) is 0 Å². The maximum atomic E-state index is 11.2. The zero-order valence-electron chi connectivity index (χ0n) is 9.18. The molecule has 0 fully saturated rings. The molecule has 2 N–H and O–H groups in total. The Bertz CT molecular complexity index is 349. The largest absolute Gasteiger partial charge is 0.465 e. The summed E-state index contributed by atoms with van der Waals surface area (Å²) < 4.78 is 4.60. The topological polar surface area (TPSA) is 52.3 Å². The number of hydrogen-bond donors (Lipinski definition) is 1. The molecule has 1 atom stereocenters. The molecule has 0 unspecified atom stereocenters. The minimum Gasteiger partial charge on any atom is -0.465 e. The van der Waals surface area contributed by atoms with Gasteiger partial charge in [0.1, 0.15) is 0 Å². The second-order valence-electron chi connectivity index (χ2n) is 3.24. The Morgan fingerprint density at radius 1 is 1.50 bits per heavy atom. The normalized spacial score (nSPS) is 11.1. The molecule has 4 heteroatoms. The van der Waals surface area contributed by atoms with E-state index in [2.05, 4.69) is 11.3 Å². The van der Waals surface area contributed by atoms with Gasteiger partial charge in [-0.05, 0) is 24.1 Å². The molecule has 0 saturated carbocycles. The molecule has 0 heterocycles. The number of nitrogens with two attached hydrogens (primary N) is 1. The fourth-order valence-electron chi connectivity index (χ4n) is 1.30. The Balaban J connectivity index is 0.00000225. The van der Waals surface area contributed by atoms with E-state index in [1.165, 1.54) is 7.11 Å². The summed E-state index contributed by atoms with van der Waals surface area (Å²) in [6.07, 6.45) is 2.50. The zero-order chi connectivity index (χ0) is 11.3. The van der Waals surface area contributed by atoms with Crippen molar-refractivity contribution >= 4 is 18.4 Å². The molecule has 3 nitrogen and oxygen atoms in total. The van der Waals surface area contributed by atoms with Crippen LogP contribution in [-0.4, -0.2) is 13.1 Å². The van der Waals surface area contributed by atoms with Crippen molar-refractivity contribution in [2.75, 3.05) is 7.11 Å². The van der Waals surface area contributed by atoms with Gasteiger partial charge in [-0.2, -0.15) is 0 Å². The maximum Gasteiger partial charge on any atom is 0.337 e. The van der Waals surface area contributed by atoms with Crippen molar-refractivity contribution in [3.05, 3.63) is 48.0 Å². The predicted octanol–water partition coefficient (Wildman–Crippen LogP) is 2.47. The van der Waals surface area contributed by atoms with E-state index < -0.39 is 0 Å². The minimum atomic E-state index is -0.334. The molecule has 1 rings (SSSR count). The van der Waals surface area contributed by atoms with Crippen LogP contribution in [0.3, 0.4) is 0 Å². The van der Waals surface area contributed by atoms with Crippen LogP contribution in [-0.2, 0) is 4.74 Å². The van der Waals surface area contributed by atoms with Crippen LogP contribution >= 0.6 is 12.4 Å². The van der Waals surface area contributed by atoms with Crippen molar-refractivity contribution in [2.45, 2.75) is 12.5 Å². The molecule has 0 spiro atoms. The fourth-order valence-corrected chi connectivity index (χ4v) is 1.30. The van der Waals surface area contributed by atoms with Gasteiger partial charge in [-0.25, -0.2) is 4.79 Å². The van der Waals surface area contributed by atoms with Gasteiger partial charge in [0.2, 0.25) is 0 Å². The van der Waals surface area contributed by atoms with E-state index in [9.17, 15) is 4.79 Å². The van der Waals surface area contributed by atoms with E-state index >= 15 is 0 Å². The number of carbonyl (C=O) groups is 1. The van der Waals surface area contributed by atoms with Gasteiger partial charge >= 0.3 is 5.97 Å². The molecule has 1 aromatic rings. The van der Waals surface area contributed by atoms with Crippen LogP contribution < -0.4 is 5.73 Å². The Morgan fingerprint density at radius 3 is 2.50 bits per heavy atom. The third-order valence-corrected chi connectivity index (χ3v) is 2.18. The summed E-state index contributed by atoms with van der Waals surface area (Å²) in [7, 11) is 1.36. The Morgan fingerprint density at radius 2 is 2.06 bits per heavy atom. The van der Waals surface area contributed by atoms with E-state index in [-0.39, 0.29) is 24.4 Å². The third kappa shape index (κ3) is 3.68. The highest BCUT2D eigenvalue weighted by Gasteiger charge is 2.07. The number of methoxy groups -OCH3 is 1. The van der Waals surface area contributed by atoms with Gasteiger partial charge in [-0.15, -0.1) is 19.0 Å². The molecular formula is C12H16ClNO2. The van der Waals surface area contributed by atoms with Crippen molar-refractivity contribution < 1.29 is 9.53 Å². The van der Waals surface area contributed by atoms with E-state index in [4.69, 9.17) is 5.73 Å². The molecule has 0 aliphatic heterocycles. The SMILES string of the molecule is C=CC[C@H](N)c1ccc(C(=O)OC)cc1.Cl. The number of esters is 1. The first-order valence-electron chi connectivity index (χ1n) is 4.73. The Kier molecular flexibility index (Phi) is 6.46. The highest BCUT2D eigenvalue weighted by atomic mass is 35.5. The average molecular weight is 242 g/mol. The lowest BCUT2D eigenvalue weighted by Gasteiger charge is -2.09. The van der Waals surface area contributed by atoms with Gasteiger partial charge in [-0.1, -0.05) is 18.2 Å². The zero-order valence-corrected chi connectivity index (χ0v) is 10.00. The monoisotopic (exact) mass is 241 g/mol. The lowest BCUT2D eigenvalue weighted by molar-refractivity contribution is 0.0600. The number of halogens is 1. The summed E-state index contributed by atoms with van der Waals surface area (Å²) >= 11 is 0. The molecular weight excluding hydrogens is 226 g/mol. The lowest BCUT2D eigenvalue weighted by atomic mass is 10.0. The van der Waals surface area contributed by atoms with Crippen molar-refractivity contribution in [2.24, 2.45) is 5.73 Å². The molecule has 0 aliphatic carbocycles. The number of rotatable bonds is 4. The van der Waals surface area contributed by atoms with E-state index in [0.29, 0.717) is 5.56 Å². The molecule has 0 radical (unpaired) electrons. The van der Waals surface area contributed by atoms with Gasteiger partial charge in [0.05, 0.1) is 12.7 Å². The smallest absolute Gasteiger partial charge is 0.337 e. The summed E-state index contributed by atoms with van der Waals surface area (Å²) in [6.45, 7) is 3.63. The minimum absolute atomic E-state index is 0. The highest BCUT2D eigenvalue weighted by molar-refractivity contribution is 5.89. The molecule has 0 bridgehead atoms. The maximum absolute atomic E-state index is 11.2. The lowest BCUT2D eigenvalue weighted by Crippen LogP contribution is -2.09. The van der Waals surface area contributed by atoms with Gasteiger partial charge in [0, 0.05) is 6.04 Å². The van der Waals surface area contributed by atoms with Gasteiger partial charge in [0.25, 0.3) is 0 Å². The van der Waals surface area contributed by atoms with Crippen LogP contribution in [0.15, 0.2) is 36.9 Å². The standard InChI is InChI=1S/C12H15NO2.ClH/c1-3-4-11(13)9-5-7-10(8-6-9)12(14)15-2;/h3,5-8,11H,1,4,13H2,2H3;1H/t11-;/m0./s1. The molecule has 16 heavy (non-hydrogen) atoms. The second kappa shape index (κ2) is 7.04. The first-order chi connectivity index (χ1) is 7.19. The number of benzene rings is 1. The van der Waals surface area contributed by atoms with Crippen LogP contribution in [0.1, 0.15) is 28.4 Å². The molecule has 0 amide bonds. The van der Waals surface area contributed by atoms with E-state index in [0.717, 1.165) is 12.0 Å². The van der Waals surface area contributed by atoms with Gasteiger partial charge < -0.3 is 10.5 Å². The van der Waals surface area contributed by atoms with Crippen LogP contribution in [0.5, 0.6) is 0 Å². The van der Waals surface area contributed by atoms with Gasteiger partial charge in [0.15, 0.2) is 0 Å². The summed E-state index contributed by atoms with van der Waals surface area (Å²) in [4.78, 5) is 11.2. The van der Waals surface area contributed by atoms with Crippen LogP contribution in [0, 0.1) is 0 Å². The average Bonchev–Trinajstić information content (AvgIpc) is 2.28. The molecule has 0 saturated heterocycles. The second-order valence-corrected chi connectivity index (χ2v) is 3.24. The van der Waals surface area contributed by atoms with E-state index in [1.54, 1.807) is 18.2 Å². The summed E-state index contributed by atoms with van der Waals surface area (Å²) in [5.74, 6) is -0.334. The molecule has 1 aromatic carbocycles. The van der Waals surface area contributed by atoms with Crippen molar-refractivity contribution in [3.63, 3.8) is 0 Å². The molecule has 88 valence electrons. The fraction of sp³-hybridized carbons (Fsp3) is 0.250. The van der Waals surface area contributed by atoms with Crippen LogP contribution in [0.2, 0.25) is 0 Å². The highest BCUT2D eigenvalue weighted by Crippen LogP contribution is 2.15. The van der Waals surface area contributed by atoms with E-state index in [1.807, 2.05) is 12.1 Å². The summed E-state index contributed by atoms with van der Waals surface area (Å²) in [6, 6.07) is 7.03. The van der Waals surface area contributed by atoms with Crippen molar-refractivity contribution in [3.8, 4) is 0 Å². The first-order valence-corrected chi connectivity index (χ1v) is 4.73. The van der Waals surface area contributed by atoms with Crippen LogP contribution in [0.4, 0.5) is 0 Å². The summed E-state index contributed by atoms with van der Waals surface area (Å²) in [5, 5.41) is 0. The van der Waals surface area contributed by atoms with Crippen molar-refractivity contribution in [1.82, 2.24) is 0 Å². The number of hydrogen-bond acceptors (Lipinski definition) is 3. The third-order valence-electron chi connectivity index (χ3n) is 2.18. The Labute approximate surface area is 102 Å². The Hall–Kier alpha value is -1.32. The molecule has 0 aliphatic rings. The number of carbonyl (C=O) groups excluding carboxylic acids is 1.